The molecule has 0 unspecified atom stereocenters. The van der Waals surface area contributed by atoms with Crippen LogP contribution in [-0.2, 0) is 13.1 Å². The molecule has 1 saturated carbocycles. The predicted octanol–water partition coefficient (Wildman–Crippen LogP) is 4.18. The van der Waals surface area contributed by atoms with E-state index in [0.29, 0.717) is 11.5 Å². The molecule has 3 nitrogen and oxygen atoms in total. The van der Waals surface area contributed by atoms with Crippen molar-refractivity contribution in [1.29, 1.82) is 0 Å². The average Bonchev–Trinajstić information content (AvgIpc) is 2.83. The maximum Gasteiger partial charge on any atom is 0.122 e. The number of nitrogens with zero attached hydrogens (tertiary/aromatic N) is 1. The fourth-order valence-electron chi connectivity index (χ4n) is 3.18. The number of furan rings is 1. The zero-order chi connectivity index (χ0) is 15.5. The average molecular weight is 292 g/mol. The van der Waals surface area contributed by atoms with Crippen LogP contribution in [0.2, 0.25) is 0 Å². The molecule has 1 aromatic rings. The van der Waals surface area contributed by atoms with E-state index in [1.54, 1.807) is 0 Å². The van der Waals surface area contributed by atoms with Crippen molar-refractivity contribution in [2.24, 2.45) is 5.41 Å². The van der Waals surface area contributed by atoms with Crippen LogP contribution in [0.4, 0.5) is 0 Å². The normalized spacial score (nSPS) is 19.6. The molecule has 0 saturated heterocycles. The smallest absolute Gasteiger partial charge is 0.122 e. The molecule has 0 aliphatic heterocycles. The van der Waals surface area contributed by atoms with Gasteiger partial charge in [0.15, 0.2) is 0 Å². The predicted molar refractivity (Wildman–Crippen MR) is 88.2 cm³/mol. The third-order valence-electron chi connectivity index (χ3n) is 4.86. The lowest BCUT2D eigenvalue weighted by Gasteiger charge is -2.38. The Morgan fingerprint density at radius 3 is 2.62 bits per heavy atom. The first-order valence-electron chi connectivity index (χ1n) is 8.36. The number of nitrogens with one attached hydrogen (secondary N) is 1. The fourth-order valence-corrected chi connectivity index (χ4v) is 3.18. The van der Waals surface area contributed by atoms with Crippen molar-refractivity contribution >= 4 is 0 Å². The van der Waals surface area contributed by atoms with Gasteiger partial charge < -0.3 is 9.73 Å². The summed E-state index contributed by atoms with van der Waals surface area (Å²) in [5.41, 5.74) is 1.87. The Morgan fingerprint density at radius 2 is 2.00 bits per heavy atom. The Balaban J connectivity index is 1.88. The fraction of sp³-hybridized carbons (Fsp3) is 0.778. The summed E-state index contributed by atoms with van der Waals surface area (Å²) in [4.78, 5) is 2.51. The molecule has 0 atom stereocenters. The lowest BCUT2D eigenvalue weighted by atomic mass is 9.75. The molecule has 0 bridgehead atoms. The van der Waals surface area contributed by atoms with Crippen LogP contribution in [0.15, 0.2) is 16.7 Å². The molecule has 2 rings (SSSR count). The molecule has 1 N–H and O–H groups in total. The van der Waals surface area contributed by atoms with Crippen molar-refractivity contribution in [2.45, 2.75) is 78.6 Å². The van der Waals surface area contributed by atoms with Crippen molar-refractivity contribution < 1.29 is 4.42 Å². The standard InChI is InChI=1S/C18H32N2O/c1-14(2)19-12-17-15(8-11-21-17)13-20(5)16-6-9-18(3,4)10-7-16/h8,11,14,16,19H,6-7,9-10,12-13H2,1-5H3. The topological polar surface area (TPSA) is 28.4 Å². The van der Waals surface area contributed by atoms with Crippen LogP contribution < -0.4 is 5.32 Å². The molecule has 21 heavy (non-hydrogen) atoms. The van der Waals surface area contributed by atoms with Crippen molar-refractivity contribution in [3.63, 3.8) is 0 Å². The molecule has 0 aromatic carbocycles. The van der Waals surface area contributed by atoms with E-state index in [1.807, 2.05) is 6.26 Å². The van der Waals surface area contributed by atoms with Gasteiger partial charge in [-0.15, -0.1) is 0 Å². The summed E-state index contributed by atoms with van der Waals surface area (Å²) in [6.07, 6.45) is 7.15. The highest BCUT2D eigenvalue weighted by Gasteiger charge is 2.29. The van der Waals surface area contributed by atoms with Gasteiger partial charge in [0.1, 0.15) is 5.76 Å². The highest BCUT2D eigenvalue weighted by Crippen LogP contribution is 2.37. The SMILES string of the molecule is CC(C)NCc1occc1CN(C)C1CCC(C)(C)CC1. The lowest BCUT2D eigenvalue weighted by molar-refractivity contribution is 0.122. The minimum absolute atomic E-state index is 0.487. The summed E-state index contributed by atoms with van der Waals surface area (Å²) < 4.78 is 5.65. The van der Waals surface area contributed by atoms with Crippen molar-refractivity contribution in [1.82, 2.24) is 10.2 Å². The maximum absolute atomic E-state index is 5.65. The van der Waals surface area contributed by atoms with E-state index in [1.165, 1.54) is 31.2 Å². The van der Waals surface area contributed by atoms with E-state index in [-0.39, 0.29) is 0 Å². The zero-order valence-corrected chi connectivity index (χ0v) is 14.4. The van der Waals surface area contributed by atoms with Gasteiger partial charge in [-0.25, -0.2) is 0 Å². The molecular weight excluding hydrogens is 260 g/mol. The second-order valence-electron chi connectivity index (χ2n) is 7.72. The monoisotopic (exact) mass is 292 g/mol. The van der Waals surface area contributed by atoms with Gasteiger partial charge in [-0.2, -0.15) is 0 Å². The summed E-state index contributed by atoms with van der Waals surface area (Å²) in [5, 5.41) is 3.44. The summed E-state index contributed by atoms with van der Waals surface area (Å²) in [5.74, 6) is 1.09. The van der Waals surface area contributed by atoms with E-state index in [2.05, 4.69) is 51.0 Å². The first-order chi connectivity index (χ1) is 9.87. The van der Waals surface area contributed by atoms with Gasteiger partial charge in [-0.1, -0.05) is 27.7 Å². The molecule has 0 spiro atoms. The molecule has 3 heteroatoms. The van der Waals surface area contributed by atoms with Gasteiger partial charge in [-0.05, 0) is 44.2 Å². The summed E-state index contributed by atoms with van der Waals surface area (Å²) in [6.45, 7) is 10.9. The Labute approximate surface area is 130 Å². The quantitative estimate of drug-likeness (QED) is 0.852. The van der Waals surface area contributed by atoms with Crippen LogP contribution in [0.3, 0.4) is 0 Å². The van der Waals surface area contributed by atoms with Crippen molar-refractivity contribution in [3.05, 3.63) is 23.7 Å². The molecule has 0 radical (unpaired) electrons. The molecule has 0 amide bonds. The molecule has 1 aliphatic rings. The van der Waals surface area contributed by atoms with E-state index < -0.39 is 0 Å². The number of hydrogen-bond acceptors (Lipinski definition) is 3. The minimum Gasteiger partial charge on any atom is -0.468 e. The maximum atomic E-state index is 5.65. The van der Waals surface area contributed by atoms with Crippen LogP contribution in [0.25, 0.3) is 0 Å². The van der Waals surface area contributed by atoms with Crippen molar-refractivity contribution in [2.75, 3.05) is 7.05 Å². The summed E-state index contributed by atoms with van der Waals surface area (Å²) >= 11 is 0. The molecule has 1 aromatic heterocycles. The highest BCUT2D eigenvalue weighted by atomic mass is 16.3. The van der Waals surface area contributed by atoms with E-state index in [0.717, 1.165) is 24.9 Å². The number of rotatable bonds is 6. The Bertz CT molecular complexity index is 426. The van der Waals surface area contributed by atoms with E-state index in [4.69, 9.17) is 4.42 Å². The highest BCUT2D eigenvalue weighted by molar-refractivity contribution is 5.17. The Kier molecular flexibility index (Phi) is 5.50. The summed E-state index contributed by atoms with van der Waals surface area (Å²) in [6, 6.07) is 3.33. The summed E-state index contributed by atoms with van der Waals surface area (Å²) in [7, 11) is 2.26. The van der Waals surface area contributed by atoms with E-state index >= 15 is 0 Å². The molecule has 1 aliphatic carbocycles. The van der Waals surface area contributed by atoms with Crippen LogP contribution >= 0.6 is 0 Å². The zero-order valence-electron chi connectivity index (χ0n) is 14.4. The van der Waals surface area contributed by atoms with Crippen LogP contribution in [0, 0.1) is 5.41 Å². The first kappa shape index (κ1) is 16.6. The third-order valence-corrected chi connectivity index (χ3v) is 4.86. The van der Waals surface area contributed by atoms with Crippen LogP contribution in [0.5, 0.6) is 0 Å². The van der Waals surface area contributed by atoms with Gasteiger partial charge in [0.2, 0.25) is 0 Å². The van der Waals surface area contributed by atoms with Crippen LogP contribution in [-0.4, -0.2) is 24.0 Å². The van der Waals surface area contributed by atoms with Crippen LogP contribution in [0.1, 0.15) is 64.7 Å². The van der Waals surface area contributed by atoms with Gasteiger partial charge >= 0.3 is 0 Å². The lowest BCUT2D eigenvalue weighted by Crippen LogP contribution is -2.37. The van der Waals surface area contributed by atoms with Gasteiger partial charge in [-0.3, -0.25) is 4.90 Å². The second kappa shape index (κ2) is 6.97. The number of hydrogen-bond donors (Lipinski definition) is 1. The van der Waals surface area contributed by atoms with E-state index in [9.17, 15) is 0 Å². The molecule has 1 fully saturated rings. The minimum atomic E-state index is 0.487. The van der Waals surface area contributed by atoms with Gasteiger partial charge in [0.25, 0.3) is 0 Å². The molecular formula is C18H32N2O. The second-order valence-corrected chi connectivity index (χ2v) is 7.72. The van der Waals surface area contributed by atoms with Crippen molar-refractivity contribution in [3.8, 4) is 0 Å². The molecule has 120 valence electrons. The van der Waals surface area contributed by atoms with Gasteiger partial charge in [0.05, 0.1) is 12.8 Å². The van der Waals surface area contributed by atoms with Gasteiger partial charge in [0, 0.05) is 24.2 Å². The Morgan fingerprint density at radius 1 is 1.33 bits per heavy atom. The largest absolute Gasteiger partial charge is 0.468 e. The molecule has 1 heterocycles. The Hall–Kier alpha value is -0.800. The third kappa shape index (κ3) is 4.86. The first-order valence-corrected chi connectivity index (χ1v) is 8.36.